The first-order valence-corrected chi connectivity index (χ1v) is 6.24. The number of nitrogens with two attached hydrogens (primary N) is 1. The molecule has 1 fully saturated rings. The molecule has 18 heavy (non-hydrogen) atoms. The van der Waals surface area contributed by atoms with Crippen molar-refractivity contribution in [3.05, 3.63) is 0 Å². The highest BCUT2D eigenvalue weighted by Crippen LogP contribution is 2.32. The van der Waals surface area contributed by atoms with Crippen LogP contribution in [0.25, 0.3) is 0 Å². The molecule has 106 valence electrons. The van der Waals surface area contributed by atoms with Crippen molar-refractivity contribution < 1.29 is 9.59 Å². The highest BCUT2D eigenvalue weighted by molar-refractivity contribution is 5.85. The highest BCUT2D eigenvalue weighted by atomic mass is 35.5. The van der Waals surface area contributed by atoms with Crippen LogP contribution in [0.4, 0.5) is 0 Å². The normalized spacial score (nSPS) is 15.5. The minimum atomic E-state index is 0. The molecule has 0 aliphatic heterocycles. The van der Waals surface area contributed by atoms with Crippen LogP contribution in [0.1, 0.15) is 32.1 Å². The summed E-state index contributed by atoms with van der Waals surface area (Å²) in [6, 6.07) is 0.132. The summed E-state index contributed by atoms with van der Waals surface area (Å²) in [5, 5.41) is 2.94. The summed E-state index contributed by atoms with van der Waals surface area (Å²) in [5.41, 5.74) is 5.60. The van der Waals surface area contributed by atoms with E-state index in [1.165, 1.54) is 12.8 Å². The van der Waals surface area contributed by atoms with E-state index in [9.17, 15) is 9.59 Å². The molecule has 1 atom stereocenters. The number of hydrogen-bond donors (Lipinski definition) is 2. The molecule has 1 rings (SSSR count). The number of nitrogens with one attached hydrogen (secondary N) is 1. The van der Waals surface area contributed by atoms with Crippen LogP contribution in [0, 0.1) is 5.92 Å². The molecule has 0 saturated heterocycles. The Morgan fingerprint density at radius 1 is 1.33 bits per heavy atom. The number of halogens is 1. The van der Waals surface area contributed by atoms with Crippen LogP contribution in [-0.4, -0.2) is 43.4 Å². The van der Waals surface area contributed by atoms with E-state index in [2.05, 4.69) is 5.32 Å². The standard InChI is InChI=1S/C12H23N3O2.ClH/c1-15(2)12(17)5-3-4-11(16)14-10(8-13)9-6-7-9;/h9-10H,3-8,13H2,1-2H3,(H,14,16);1H. The summed E-state index contributed by atoms with van der Waals surface area (Å²) < 4.78 is 0. The molecule has 0 spiro atoms. The van der Waals surface area contributed by atoms with Gasteiger partial charge in [-0.3, -0.25) is 9.59 Å². The van der Waals surface area contributed by atoms with Gasteiger partial charge in [0.2, 0.25) is 11.8 Å². The van der Waals surface area contributed by atoms with Crippen molar-refractivity contribution in [2.45, 2.75) is 38.1 Å². The van der Waals surface area contributed by atoms with Gasteiger partial charge in [-0.05, 0) is 25.2 Å². The summed E-state index contributed by atoms with van der Waals surface area (Å²) in [6.07, 6.45) is 3.77. The van der Waals surface area contributed by atoms with Gasteiger partial charge in [0.05, 0.1) is 0 Å². The van der Waals surface area contributed by atoms with Crippen molar-refractivity contribution in [1.82, 2.24) is 10.2 Å². The van der Waals surface area contributed by atoms with E-state index in [1.54, 1.807) is 19.0 Å². The maximum atomic E-state index is 11.6. The molecule has 0 aromatic heterocycles. The van der Waals surface area contributed by atoms with E-state index in [-0.39, 0.29) is 30.3 Å². The minimum Gasteiger partial charge on any atom is -0.352 e. The van der Waals surface area contributed by atoms with Gasteiger partial charge in [0.25, 0.3) is 0 Å². The molecule has 2 amide bonds. The third kappa shape index (κ3) is 6.21. The topological polar surface area (TPSA) is 75.4 Å². The second-order valence-electron chi connectivity index (χ2n) is 4.89. The van der Waals surface area contributed by atoms with Crippen LogP contribution in [-0.2, 0) is 9.59 Å². The zero-order valence-electron chi connectivity index (χ0n) is 11.1. The lowest BCUT2D eigenvalue weighted by Gasteiger charge is -2.16. The van der Waals surface area contributed by atoms with Crippen LogP contribution in [0.2, 0.25) is 0 Å². The lowest BCUT2D eigenvalue weighted by atomic mass is 10.1. The molecule has 0 aromatic carbocycles. The van der Waals surface area contributed by atoms with Crippen LogP contribution >= 0.6 is 12.4 Å². The van der Waals surface area contributed by atoms with Crippen LogP contribution < -0.4 is 11.1 Å². The van der Waals surface area contributed by atoms with E-state index in [0.29, 0.717) is 31.7 Å². The van der Waals surface area contributed by atoms with Gasteiger partial charge in [-0.15, -0.1) is 12.4 Å². The Bertz CT molecular complexity index is 280. The minimum absolute atomic E-state index is 0. The SMILES string of the molecule is CN(C)C(=O)CCCC(=O)NC(CN)C1CC1.Cl. The van der Waals surface area contributed by atoms with Gasteiger partial charge in [-0.25, -0.2) is 0 Å². The van der Waals surface area contributed by atoms with Crippen molar-refractivity contribution in [3.63, 3.8) is 0 Å². The molecular weight excluding hydrogens is 254 g/mol. The first-order chi connectivity index (χ1) is 8.04. The summed E-state index contributed by atoms with van der Waals surface area (Å²) in [5.74, 6) is 0.654. The van der Waals surface area contributed by atoms with E-state index >= 15 is 0 Å². The van der Waals surface area contributed by atoms with Gasteiger partial charge in [0, 0.05) is 39.5 Å². The summed E-state index contributed by atoms with van der Waals surface area (Å²) in [7, 11) is 3.44. The molecule has 0 bridgehead atoms. The second kappa shape index (κ2) is 8.32. The first-order valence-electron chi connectivity index (χ1n) is 6.24. The first kappa shape index (κ1) is 17.2. The van der Waals surface area contributed by atoms with E-state index in [0.717, 1.165) is 0 Å². The number of nitrogens with zero attached hydrogens (tertiary/aromatic N) is 1. The molecule has 1 unspecified atom stereocenters. The lowest BCUT2D eigenvalue weighted by molar-refractivity contribution is -0.129. The predicted octanol–water partition coefficient (Wildman–Crippen LogP) is 0.520. The van der Waals surface area contributed by atoms with Gasteiger partial charge in [-0.1, -0.05) is 0 Å². The van der Waals surface area contributed by atoms with Crippen LogP contribution in [0.3, 0.4) is 0 Å². The van der Waals surface area contributed by atoms with Gasteiger partial charge in [0.15, 0.2) is 0 Å². The average molecular weight is 278 g/mol. The molecular formula is C12H24ClN3O2. The van der Waals surface area contributed by atoms with Gasteiger partial charge >= 0.3 is 0 Å². The lowest BCUT2D eigenvalue weighted by Crippen LogP contribution is -2.41. The molecule has 6 heteroatoms. The Morgan fingerprint density at radius 2 is 1.94 bits per heavy atom. The quantitative estimate of drug-likeness (QED) is 0.712. The smallest absolute Gasteiger partial charge is 0.222 e. The third-order valence-electron chi connectivity index (χ3n) is 3.08. The molecule has 0 heterocycles. The number of amides is 2. The van der Waals surface area contributed by atoms with Crippen molar-refractivity contribution in [1.29, 1.82) is 0 Å². The largest absolute Gasteiger partial charge is 0.352 e. The van der Waals surface area contributed by atoms with Crippen LogP contribution in [0.5, 0.6) is 0 Å². The van der Waals surface area contributed by atoms with Crippen molar-refractivity contribution in [2.24, 2.45) is 11.7 Å². The van der Waals surface area contributed by atoms with Gasteiger partial charge in [-0.2, -0.15) is 0 Å². The van der Waals surface area contributed by atoms with Crippen molar-refractivity contribution in [2.75, 3.05) is 20.6 Å². The van der Waals surface area contributed by atoms with E-state index in [1.807, 2.05) is 0 Å². The summed E-state index contributed by atoms with van der Waals surface area (Å²) >= 11 is 0. The fourth-order valence-corrected chi connectivity index (χ4v) is 1.77. The molecule has 0 radical (unpaired) electrons. The monoisotopic (exact) mass is 277 g/mol. The number of rotatable bonds is 7. The Balaban J connectivity index is 0.00000289. The fourth-order valence-electron chi connectivity index (χ4n) is 1.77. The number of carbonyl (C=O) groups is 2. The summed E-state index contributed by atoms with van der Waals surface area (Å²) in [6.45, 7) is 0.507. The third-order valence-corrected chi connectivity index (χ3v) is 3.08. The molecule has 1 aliphatic carbocycles. The Labute approximate surface area is 115 Å². The molecule has 5 nitrogen and oxygen atoms in total. The van der Waals surface area contributed by atoms with Gasteiger partial charge in [0.1, 0.15) is 0 Å². The zero-order chi connectivity index (χ0) is 12.8. The van der Waals surface area contributed by atoms with Gasteiger partial charge < -0.3 is 16.0 Å². The Hall–Kier alpha value is -0.810. The zero-order valence-corrected chi connectivity index (χ0v) is 12.0. The van der Waals surface area contributed by atoms with Crippen molar-refractivity contribution >= 4 is 24.2 Å². The second-order valence-corrected chi connectivity index (χ2v) is 4.89. The number of carbonyl (C=O) groups excluding carboxylic acids is 2. The van der Waals surface area contributed by atoms with E-state index < -0.39 is 0 Å². The Morgan fingerprint density at radius 3 is 2.39 bits per heavy atom. The maximum absolute atomic E-state index is 11.6. The van der Waals surface area contributed by atoms with E-state index in [4.69, 9.17) is 5.73 Å². The average Bonchev–Trinajstić information content (AvgIpc) is 3.09. The molecule has 0 aromatic rings. The number of hydrogen-bond acceptors (Lipinski definition) is 3. The molecule has 1 aliphatic rings. The maximum Gasteiger partial charge on any atom is 0.222 e. The molecule has 3 N–H and O–H groups in total. The fraction of sp³-hybridized carbons (Fsp3) is 0.833. The van der Waals surface area contributed by atoms with Crippen LogP contribution in [0.15, 0.2) is 0 Å². The Kier molecular flexibility index (Phi) is 7.95. The van der Waals surface area contributed by atoms with Crippen molar-refractivity contribution in [3.8, 4) is 0 Å². The predicted molar refractivity (Wildman–Crippen MR) is 73.5 cm³/mol. The highest BCUT2D eigenvalue weighted by Gasteiger charge is 2.30. The molecule has 1 saturated carbocycles. The summed E-state index contributed by atoms with van der Waals surface area (Å²) in [4.78, 5) is 24.4.